The lowest BCUT2D eigenvalue weighted by molar-refractivity contribution is -0.120. The van der Waals surface area contributed by atoms with Crippen molar-refractivity contribution in [3.8, 4) is 5.75 Å². The highest BCUT2D eigenvalue weighted by atomic mass is 16.5. The van der Waals surface area contributed by atoms with Crippen LogP contribution in [0.1, 0.15) is 16.7 Å². The number of nitrogens with one attached hydrogen (secondary N) is 1. The van der Waals surface area contributed by atoms with Gasteiger partial charge in [0.25, 0.3) is 0 Å². The molecule has 2 aromatic carbocycles. The average molecular weight is 282 g/mol. The number of carbonyl (C=O) groups is 1. The third kappa shape index (κ3) is 4.45. The maximum Gasteiger partial charge on any atom is 0.244 e. The highest BCUT2D eigenvalue weighted by Gasteiger charge is 2.02. The van der Waals surface area contributed by atoms with Gasteiger partial charge in [0.05, 0.1) is 19.7 Å². The Morgan fingerprint density at radius 1 is 1.19 bits per heavy atom. The molecule has 1 amide bonds. The van der Waals surface area contributed by atoms with E-state index in [2.05, 4.69) is 10.5 Å². The van der Waals surface area contributed by atoms with E-state index < -0.39 is 0 Å². The number of rotatable bonds is 5. The molecule has 0 saturated heterocycles. The molecule has 2 aromatic rings. The number of methoxy groups -OCH3 is 1. The zero-order valence-electron chi connectivity index (χ0n) is 12.2. The van der Waals surface area contributed by atoms with Crippen LogP contribution >= 0.6 is 0 Å². The van der Waals surface area contributed by atoms with Crippen LogP contribution in [0.3, 0.4) is 0 Å². The SMILES string of the molecule is COc1ccc(CC(=O)NN=Cc2ccccc2C)cc1. The van der Waals surface area contributed by atoms with Crippen molar-refractivity contribution >= 4 is 12.1 Å². The molecule has 0 aliphatic carbocycles. The number of nitrogens with zero attached hydrogens (tertiary/aromatic N) is 1. The van der Waals surface area contributed by atoms with Crippen molar-refractivity contribution in [3.63, 3.8) is 0 Å². The lowest BCUT2D eigenvalue weighted by Gasteiger charge is -2.03. The fraction of sp³-hybridized carbons (Fsp3) is 0.176. The maximum absolute atomic E-state index is 11.8. The Morgan fingerprint density at radius 2 is 1.90 bits per heavy atom. The van der Waals surface area contributed by atoms with Crippen molar-refractivity contribution < 1.29 is 9.53 Å². The van der Waals surface area contributed by atoms with Crippen LogP contribution in [0.4, 0.5) is 0 Å². The van der Waals surface area contributed by atoms with Gasteiger partial charge in [0, 0.05) is 0 Å². The van der Waals surface area contributed by atoms with Crippen molar-refractivity contribution in [1.29, 1.82) is 0 Å². The zero-order valence-corrected chi connectivity index (χ0v) is 12.2. The van der Waals surface area contributed by atoms with Gasteiger partial charge in [-0.3, -0.25) is 4.79 Å². The standard InChI is InChI=1S/C17H18N2O2/c1-13-5-3-4-6-15(13)12-18-19-17(20)11-14-7-9-16(21-2)10-8-14/h3-10,12H,11H2,1-2H3,(H,19,20). The van der Waals surface area contributed by atoms with Crippen molar-refractivity contribution in [1.82, 2.24) is 5.43 Å². The summed E-state index contributed by atoms with van der Waals surface area (Å²) in [6.07, 6.45) is 1.94. The Kier molecular flexibility index (Phi) is 5.10. The molecule has 0 heterocycles. The number of carbonyl (C=O) groups excluding carboxylic acids is 1. The number of hydrazone groups is 1. The minimum absolute atomic E-state index is 0.148. The van der Waals surface area contributed by atoms with Gasteiger partial charge in [0.15, 0.2) is 0 Å². The third-order valence-corrected chi connectivity index (χ3v) is 3.11. The highest BCUT2D eigenvalue weighted by molar-refractivity contribution is 5.84. The van der Waals surface area contributed by atoms with Gasteiger partial charge in [-0.25, -0.2) is 5.43 Å². The molecule has 1 N–H and O–H groups in total. The van der Waals surface area contributed by atoms with E-state index in [1.807, 2.05) is 55.5 Å². The number of benzene rings is 2. The molecule has 108 valence electrons. The molecule has 0 fully saturated rings. The molecule has 0 unspecified atom stereocenters. The van der Waals surface area contributed by atoms with E-state index in [0.717, 1.165) is 22.4 Å². The minimum atomic E-state index is -0.148. The lowest BCUT2D eigenvalue weighted by atomic mass is 10.1. The molecule has 0 spiro atoms. The van der Waals surface area contributed by atoms with Crippen molar-refractivity contribution in [3.05, 3.63) is 65.2 Å². The molecule has 0 radical (unpaired) electrons. The van der Waals surface area contributed by atoms with Gasteiger partial charge < -0.3 is 4.74 Å². The van der Waals surface area contributed by atoms with Crippen molar-refractivity contribution in [2.24, 2.45) is 5.10 Å². The molecule has 0 aliphatic rings. The Labute approximate surface area is 124 Å². The second-order valence-electron chi connectivity index (χ2n) is 4.67. The van der Waals surface area contributed by atoms with E-state index >= 15 is 0 Å². The lowest BCUT2D eigenvalue weighted by Crippen LogP contribution is -2.19. The van der Waals surface area contributed by atoms with Crippen LogP contribution in [0.2, 0.25) is 0 Å². The summed E-state index contributed by atoms with van der Waals surface area (Å²) in [4.78, 5) is 11.8. The minimum Gasteiger partial charge on any atom is -0.497 e. The average Bonchev–Trinajstić information content (AvgIpc) is 2.50. The first kappa shape index (κ1) is 14.8. The van der Waals surface area contributed by atoms with E-state index in [-0.39, 0.29) is 12.3 Å². The molecule has 0 aromatic heterocycles. The van der Waals surface area contributed by atoms with E-state index in [1.54, 1.807) is 13.3 Å². The van der Waals surface area contributed by atoms with Crippen molar-refractivity contribution in [2.45, 2.75) is 13.3 Å². The van der Waals surface area contributed by atoms with Crippen LogP contribution < -0.4 is 10.2 Å². The monoisotopic (exact) mass is 282 g/mol. The number of amides is 1. The fourth-order valence-electron chi connectivity index (χ4n) is 1.87. The Hall–Kier alpha value is -2.62. The first-order valence-corrected chi connectivity index (χ1v) is 6.69. The third-order valence-electron chi connectivity index (χ3n) is 3.11. The van der Waals surface area contributed by atoms with Crippen LogP contribution in [-0.2, 0) is 11.2 Å². The van der Waals surface area contributed by atoms with Gasteiger partial charge >= 0.3 is 0 Å². The van der Waals surface area contributed by atoms with Gasteiger partial charge in [-0.2, -0.15) is 5.10 Å². The molecule has 4 heteroatoms. The normalized spacial score (nSPS) is 10.6. The van der Waals surface area contributed by atoms with Gasteiger partial charge in [0.2, 0.25) is 5.91 Å². The summed E-state index contributed by atoms with van der Waals surface area (Å²) in [5.41, 5.74) is 5.56. The zero-order chi connectivity index (χ0) is 15.1. The summed E-state index contributed by atoms with van der Waals surface area (Å²) in [7, 11) is 1.61. The number of hydrogen-bond acceptors (Lipinski definition) is 3. The number of aryl methyl sites for hydroxylation is 1. The fourth-order valence-corrected chi connectivity index (χ4v) is 1.87. The summed E-state index contributed by atoms with van der Waals surface area (Å²) >= 11 is 0. The van der Waals surface area contributed by atoms with Gasteiger partial charge in [-0.1, -0.05) is 36.4 Å². The van der Waals surface area contributed by atoms with Crippen molar-refractivity contribution in [2.75, 3.05) is 7.11 Å². The predicted molar refractivity (Wildman–Crippen MR) is 83.6 cm³/mol. The number of ether oxygens (including phenoxy) is 1. The largest absolute Gasteiger partial charge is 0.497 e. The second kappa shape index (κ2) is 7.24. The molecular formula is C17H18N2O2. The quantitative estimate of drug-likeness (QED) is 0.677. The molecular weight excluding hydrogens is 264 g/mol. The summed E-state index contributed by atoms with van der Waals surface area (Å²) < 4.78 is 5.08. The highest BCUT2D eigenvalue weighted by Crippen LogP contribution is 2.11. The van der Waals surface area contributed by atoms with Crippen LogP contribution in [0.15, 0.2) is 53.6 Å². The maximum atomic E-state index is 11.8. The number of hydrogen-bond donors (Lipinski definition) is 1. The van der Waals surface area contributed by atoms with Gasteiger partial charge in [-0.05, 0) is 35.7 Å². The first-order chi connectivity index (χ1) is 10.2. The molecule has 0 aliphatic heterocycles. The topological polar surface area (TPSA) is 50.7 Å². The van der Waals surface area contributed by atoms with E-state index in [9.17, 15) is 4.79 Å². The smallest absolute Gasteiger partial charge is 0.244 e. The molecule has 0 atom stereocenters. The Bertz CT molecular complexity index is 633. The van der Waals surface area contributed by atoms with E-state index in [0.29, 0.717) is 0 Å². The van der Waals surface area contributed by atoms with Crippen LogP contribution in [0.5, 0.6) is 5.75 Å². The first-order valence-electron chi connectivity index (χ1n) is 6.69. The Balaban J connectivity index is 1.88. The van der Waals surface area contributed by atoms with Crippen LogP contribution in [-0.4, -0.2) is 19.2 Å². The molecule has 4 nitrogen and oxygen atoms in total. The summed E-state index contributed by atoms with van der Waals surface area (Å²) in [6.45, 7) is 2.00. The molecule has 0 bridgehead atoms. The van der Waals surface area contributed by atoms with Crippen LogP contribution in [0, 0.1) is 6.92 Å². The van der Waals surface area contributed by atoms with Gasteiger partial charge in [-0.15, -0.1) is 0 Å². The molecule has 21 heavy (non-hydrogen) atoms. The summed E-state index contributed by atoms with van der Waals surface area (Å²) in [5, 5.41) is 3.98. The van der Waals surface area contributed by atoms with E-state index in [1.165, 1.54) is 0 Å². The van der Waals surface area contributed by atoms with Crippen LogP contribution in [0.25, 0.3) is 0 Å². The van der Waals surface area contributed by atoms with E-state index in [4.69, 9.17) is 4.74 Å². The van der Waals surface area contributed by atoms with Gasteiger partial charge in [0.1, 0.15) is 5.75 Å². The predicted octanol–water partition coefficient (Wildman–Crippen LogP) is 2.70. The molecule has 0 saturated carbocycles. The molecule has 2 rings (SSSR count). The summed E-state index contributed by atoms with van der Waals surface area (Å²) in [5.74, 6) is 0.627. The summed E-state index contributed by atoms with van der Waals surface area (Å²) in [6, 6.07) is 15.3. The Morgan fingerprint density at radius 3 is 2.57 bits per heavy atom. The second-order valence-corrected chi connectivity index (χ2v) is 4.67.